The molecule has 3 rings (SSSR count). The van der Waals surface area contributed by atoms with Crippen LogP contribution in [0.1, 0.15) is 45.8 Å². The zero-order chi connectivity index (χ0) is 18.0. The summed E-state index contributed by atoms with van der Waals surface area (Å²) >= 11 is 0. The molecule has 1 aliphatic rings. The SMILES string of the molecule is Cc1ccccc1C(=O)N(CC(N)=O)Cc1cc(C2CC2)ccc1F. The van der Waals surface area contributed by atoms with Gasteiger partial charge in [-0.15, -0.1) is 0 Å². The van der Waals surface area contributed by atoms with Crippen molar-refractivity contribution >= 4 is 11.8 Å². The third-order valence-electron chi connectivity index (χ3n) is 4.49. The Bertz CT molecular complexity index is 815. The van der Waals surface area contributed by atoms with Gasteiger partial charge in [-0.05, 0) is 48.9 Å². The number of nitrogens with two attached hydrogens (primary N) is 1. The van der Waals surface area contributed by atoms with Gasteiger partial charge >= 0.3 is 0 Å². The molecule has 2 aromatic carbocycles. The van der Waals surface area contributed by atoms with Gasteiger partial charge < -0.3 is 10.6 Å². The molecule has 0 aromatic heterocycles. The van der Waals surface area contributed by atoms with Crippen LogP contribution >= 0.6 is 0 Å². The molecule has 25 heavy (non-hydrogen) atoms. The summed E-state index contributed by atoms with van der Waals surface area (Å²) < 4.78 is 14.2. The van der Waals surface area contributed by atoms with Crippen LogP contribution in [0.2, 0.25) is 0 Å². The van der Waals surface area contributed by atoms with E-state index in [9.17, 15) is 14.0 Å². The summed E-state index contributed by atoms with van der Waals surface area (Å²) in [5.41, 5.74) is 8.08. The second-order valence-electron chi connectivity index (χ2n) is 6.57. The van der Waals surface area contributed by atoms with Crippen molar-refractivity contribution in [2.24, 2.45) is 5.73 Å². The van der Waals surface area contributed by atoms with E-state index in [2.05, 4.69) is 0 Å². The molecule has 0 radical (unpaired) electrons. The van der Waals surface area contributed by atoms with Gasteiger partial charge in [0.2, 0.25) is 5.91 Å². The van der Waals surface area contributed by atoms with E-state index in [1.54, 1.807) is 24.3 Å². The first-order chi connectivity index (χ1) is 12.0. The first-order valence-corrected chi connectivity index (χ1v) is 8.37. The van der Waals surface area contributed by atoms with Gasteiger partial charge in [-0.2, -0.15) is 0 Å². The Hall–Kier alpha value is -2.69. The normalized spacial score (nSPS) is 13.5. The molecule has 1 aliphatic carbocycles. The average molecular weight is 340 g/mol. The minimum Gasteiger partial charge on any atom is -0.368 e. The third-order valence-corrected chi connectivity index (χ3v) is 4.49. The molecular formula is C20H21FN2O2. The molecule has 4 nitrogen and oxygen atoms in total. The standard InChI is InChI=1S/C20H21FN2O2/c1-13-4-2-3-5-17(13)20(25)23(12-19(22)24)11-16-10-15(14-6-7-14)8-9-18(16)21/h2-5,8-10,14H,6-7,11-12H2,1H3,(H2,22,24). The Morgan fingerprint density at radius 3 is 2.56 bits per heavy atom. The molecule has 2 aromatic rings. The van der Waals surface area contributed by atoms with Crippen LogP contribution in [0.4, 0.5) is 4.39 Å². The zero-order valence-electron chi connectivity index (χ0n) is 14.2. The molecule has 0 atom stereocenters. The first kappa shape index (κ1) is 17.1. The number of amides is 2. The lowest BCUT2D eigenvalue weighted by atomic mass is 10.0. The lowest BCUT2D eigenvalue weighted by Gasteiger charge is -2.23. The van der Waals surface area contributed by atoms with Crippen LogP contribution in [-0.2, 0) is 11.3 Å². The van der Waals surface area contributed by atoms with Gasteiger partial charge in [0.25, 0.3) is 5.91 Å². The predicted octanol–water partition coefficient (Wildman–Crippen LogP) is 3.14. The minimum atomic E-state index is -0.624. The van der Waals surface area contributed by atoms with Crippen molar-refractivity contribution in [2.75, 3.05) is 6.54 Å². The van der Waals surface area contributed by atoms with Crippen molar-refractivity contribution in [3.8, 4) is 0 Å². The van der Waals surface area contributed by atoms with Gasteiger partial charge in [-0.25, -0.2) is 4.39 Å². The number of nitrogens with zero attached hydrogens (tertiary/aromatic N) is 1. The maximum Gasteiger partial charge on any atom is 0.254 e. The first-order valence-electron chi connectivity index (χ1n) is 8.37. The van der Waals surface area contributed by atoms with Crippen molar-refractivity contribution in [1.29, 1.82) is 0 Å². The van der Waals surface area contributed by atoms with E-state index in [1.807, 2.05) is 19.1 Å². The highest BCUT2D eigenvalue weighted by Crippen LogP contribution is 2.40. The van der Waals surface area contributed by atoms with Gasteiger partial charge in [-0.3, -0.25) is 9.59 Å². The van der Waals surface area contributed by atoms with Crippen molar-refractivity contribution in [3.63, 3.8) is 0 Å². The molecule has 2 amide bonds. The zero-order valence-corrected chi connectivity index (χ0v) is 14.2. The molecule has 0 spiro atoms. The van der Waals surface area contributed by atoms with E-state index in [1.165, 1.54) is 11.0 Å². The van der Waals surface area contributed by atoms with Gasteiger partial charge in [0.1, 0.15) is 5.82 Å². The number of primary amides is 1. The lowest BCUT2D eigenvalue weighted by molar-refractivity contribution is -0.118. The molecule has 2 N–H and O–H groups in total. The molecule has 0 unspecified atom stereocenters. The number of rotatable bonds is 6. The van der Waals surface area contributed by atoms with Crippen LogP contribution in [0, 0.1) is 12.7 Å². The van der Waals surface area contributed by atoms with E-state index in [4.69, 9.17) is 5.73 Å². The molecule has 130 valence electrons. The number of aryl methyl sites for hydroxylation is 1. The monoisotopic (exact) mass is 340 g/mol. The van der Waals surface area contributed by atoms with Crippen LogP contribution < -0.4 is 5.73 Å². The van der Waals surface area contributed by atoms with E-state index < -0.39 is 5.91 Å². The molecule has 0 saturated heterocycles. The molecular weight excluding hydrogens is 319 g/mol. The maximum atomic E-state index is 14.2. The summed E-state index contributed by atoms with van der Waals surface area (Å²) in [7, 11) is 0. The number of hydrogen-bond acceptors (Lipinski definition) is 2. The number of benzene rings is 2. The minimum absolute atomic E-state index is 0.0164. The van der Waals surface area contributed by atoms with Crippen LogP contribution in [0.25, 0.3) is 0 Å². The van der Waals surface area contributed by atoms with Crippen molar-refractivity contribution < 1.29 is 14.0 Å². The highest BCUT2D eigenvalue weighted by Gasteiger charge is 2.25. The van der Waals surface area contributed by atoms with E-state index in [0.717, 1.165) is 24.0 Å². The molecule has 1 saturated carbocycles. The summed E-state index contributed by atoms with van der Waals surface area (Å²) in [6.45, 7) is 1.59. The van der Waals surface area contributed by atoms with E-state index in [-0.39, 0.29) is 24.8 Å². The van der Waals surface area contributed by atoms with Crippen LogP contribution in [-0.4, -0.2) is 23.3 Å². The lowest BCUT2D eigenvalue weighted by Crippen LogP contribution is -2.38. The van der Waals surface area contributed by atoms with Gasteiger partial charge in [-0.1, -0.05) is 30.3 Å². The fourth-order valence-electron chi connectivity index (χ4n) is 2.96. The van der Waals surface area contributed by atoms with Crippen molar-refractivity contribution in [2.45, 2.75) is 32.2 Å². The highest BCUT2D eigenvalue weighted by atomic mass is 19.1. The summed E-state index contributed by atoms with van der Waals surface area (Å²) in [5.74, 6) is -0.846. The Balaban J connectivity index is 1.89. The highest BCUT2D eigenvalue weighted by molar-refractivity contribution is 5.97. The third kappa shape index (κ3) is 4.05. The second kappa shape index (κ2) is 7.05. The topological polar surface area (TPSA) is 63.4 Å². The number of hydrogen-bond donors (Lipinski definition) is 1. The quantitative estimate of drug-likeness (QED) is 0.878. The second-order valence-corrected chi connectivity index (χ2v) is 6.57. The summed E-state index contributed by atoms with van der Waals surface area (Å²) in [6, 6.07) is 12.1. The largest absolute Gasteiger partial charge is 0.368 e. The Labute approximate surface area is 146 Å². The van der Waals surface area contributed by atoms with Crippen LogP contribution in [0.3, 0.4) is 0 Å². The Morgan fingerprint density at radius 2 is 1.92 bits per heavy atom. The smallest absolute Gasteiger partial charge is 0.254 e. The fourth-order valence-corrected chi connectivity index (χ4v) is 2.96. The molecule has 1 fully saturated rings. The van der Waals surface area contributed by atoms with Gasteiger partial charge in [0.05, 0.1) is 6.54 Å². The van der Waals surface area contributed by atoms with Crippen LogP contribution in [0.5, 0.6) is 0 Å². The fraction of sp³-hybridized carbons (Fsp3) is 0.300. The van der Waals surface area contributed by atoms with Crippen molar-refractivity contribution in [1.82, 2.24) is 4.90 Å². The Morgan fingerprint density at radius 1 is 1.20 bits per heavy atom. The molecule has 0 aliphatic heterocycles. The van der Waals surface area contributed by atoms with E-state index in [0.29, 0.717) is 17.0 Å². The Kier molecular flexibility index (Phi) is 4.83. The average Bonchev–Trinajstić information content (AvgIpc) is 3.40. The number of carbonyl (C=O) groups is 2. The summed E-state index contributed by atoms with van der Waals surface area (Å²) in [5, 5.41) is 0. The molecule has 5 heteroatoms. The molecule has 0 heterocycles. The summed E-state index contributed by atoms with van der Waals surface area (Å²) in [4.78, 5) is 25.6. The van der Waals surface area contributed by atoms with Gasteiger partial charge in [0, 0.05) is 17.7 Å². The van der Waals surface area contributed by atoms with Crippen LogP contribution in [0.15, 0.2) is 42.5 Å². The molecule has 0 bridgehead atoms. The van der Waals surface area contributed by atoms with E-state index >= 15 is 0 Å². The maximum absolute atomic E-state index is 14.2. The summed E-state index contributed by atoms with van der Waals surface area (Å²) in [6.07, 6.45) is 2.22. The number of halogens is 1. The van der Waals surface area contributed by atoms with Crippen molar-refractivity contribution in [3.05, 3.63) is 70.5 Å². The number of carbonyl (C=O) groups excluding carboxylic acids is 2. The van der Waals surface area contributed by atoms with Gasteiger partial charge in [0.15, 0.2) is 0 Å². The predicted molar refractivity (Wildman–Crippen MR) is 93.5 cm³/mol.